The minimum absolute atomic E-state index is 0.00739. The summed E-state index contributed by atoms with van der Waals surface area (Å²) in [5.41, 5.74) is -5.95. The molecule has 0 saturated carbocycles. The fraction of sp³-hybridized carbons (Fsp3) is 0.846. The van der Waals surface area contributed by atoms with Crippen LogP contribution in [0.25, 0.3) is 0 Å². The summed E-state index contributed by atoms with van der Waals surface area (Å²) < 4.78 is 40.2. The number of amides is 7. The van der Waals surface area contributed by atoms with Gasteiger partial charge in [0.2, 0.25) is 17.7 Å². The van der Waals surface area contributed by atoms with Crippen molar-refractivity contribution in [2.24, 2.45) is 5.41 Å². The number of rotatable bonds is 20. The van der Waals surface area contributed by atoms with E-state index in [0.29, 0.717) is 26.2 Å². The third-order valence-corrected chi connectivity index (χ3v) is 11.2. The molecule has 444 valence electrons. The van der Waals surface area contributed by atoms with E-state index in [0.717, 1.165) is 0 Å². The minimum atomic E-state index is -1.47. The number of aliphatic carboxylic acids is 1. The molecule has 0 aromatic carbocycles. The van der Waals surface area contributed by atoms with Gasteiger partial charge in [-0.25, -0.2) is 19.2 Å². The molecule has 6 N–H and O–H groups in total. The summed E-state index contributed by atoms with van der Waals surface area (Å²) in [6.07, 6.45) is -2.99. The van der Waals surface area contributed by atoms with E-state index in [2.05, 4.69) is 26.6 Å². The number of carboxylic acids is 1. The Morgan fingerprint density at radius 3 is 1.18 bits per heavy atom. The molecule has 2 bridgehead atoms. The summed E-state index contributed by atoms with van der Waals surface area (Å²) >= 11 is 0. The number of carboxylic acid groups (broad SMARTS) is 1. The average Bonchev–Trinajstić information content (AvgIpc) is 3.27. The van der Waals surface area contributed by atoms with Crippen LogP contribution in [-0.4, -0.2) is 232 Å². The molecular formula is C52H95N9O16. The molecule has 7 amide bonds. The lowest BCUT2D eigenvalue weighted by Gasteiger charge is -2.45. The molecule has 77 heavy (non-hydrogen) atoms. The van der Waals surface area contributed by atoms with Crippen LogP contribution >= 0.6 is 0 Å². The van der Waals surface area contributed by atoms with Crippen LogP contribution in [0.4, 0.5) is 19.2 Å². The van der Waals surface area contributed by atoms with Gasteiger partial charge in [-0.05, 0) is 89.5 Å². The first-order valence-electron chi connectivity index (χ1n) is 26.8. The summed E-state index contributed by atoms with van der Waals surface area (Å²) in [6, 6.07) is 0. The third-order valence-electron chi connectivity index (χ3n) is 11.2. The SMILES string of the molecule is CC12CNCCNCC(NC(=O)CCCC(=O)NCCOCCOCCOCCNC(=O)CCC(=O)O)(CN(C(=O)OC(C)(C)C)CCN(C(=O)OC(C)(C)C)C1)CN(C(=O)OC(C)(C)C)CCN(C(=O)OC(C)(C)C)C2. The lowest BCUT2D eigenvalue weighted by Crippen LogP contribution is -2.68. The van der Waals surface area contributed by atoms with Gasteiger partial charge in [-0.1, -0.05) is 6.92 Å². The van der Waals surface area contributed by atoms with Gasteiger partial charge in [0.05, 0.1) is 64.7 Å². The molecule has 0 radical (unpaired) electrons. The highest BCUT2D eigenvalue weighted by Crippen LogP contribution is 2.26. The predicted octanol–water partition coefficient (Wildman–Crippen LogP) is 3.32. The fourth-order valence-electron chi connectivity index (χ4n) is 7.95. The first-order valence-corrected chi connectivity index (χ1v) is 26.8. The van der Waals surface area contributed by atoms with Crippen LogP contribution in [0.1, 0.15) is 122 Å². The summed E-state index contributed by atoms with van der Waals surface area (Å²) in [5.74, 6) is -2.17. The Balaban J connectivity index is 2.39. The van der Waals surface area contributed by atoms with Gasteiger partial charge < -0.3 is 84.4 Å². The second-order valence-corrected chi connectivity index (χ2v) is 23.9. The maximum Gasteiger partial charge on any atom is 0.410 e. The Labute approximate surface area is 456 Å². The van der Waals surface area contributed by atoms with Gasteiger partial charge in [-0.15, -0.1) is 0 Å². The van der Waals surface area contributed by atoms with E-state index in [4.69, 9.17) is 38.3 Å². The van der Waals surface area contributed by atoms with Crippen molar-refractivity contribution in [3.05, 3.63) is 0 Å². The molecule has 3 fully saturated rings. The van der Waals surface area contributed by atoms with Gasteiger partial charge in [0.25, 0.3) is 0 Å². The maximum absolute atomic E-state index is 14.4. The Hall–Kier alpha value is -5.24. The van der Waals surface area contributed by atoms with Crippen LogP contribution in [0, 0.1) is 5.41 Å². The molecule has 0 spiro atoms. The van der Waals surface area contributed by atoms with Gasteiger partial charge in [0.1, 0.15) is 22.4 Å². The van der Waals surface area contributed by atoms with Crippen molar-refractivity contribution in [1.29, 1.82) is 0 Å². The summed E-state index contributed by atoms with van der Waals surface area (Å²) in [6.45, 7) is 25.5. The maximum atomic E-state index is 14.4. The topological polar surface area (TPSA) is 295 Å². The molecule has 3 aliphatic heterocycles. The van der Waals surface area contributed by atoms with Crippen molar-refractivity contribution in [1.82, 2.24) is 46.2 Å². The molecule has 3 saturated heterocycles. The van der Waals surface area contributed by atoms with Crippen LogP contribution in [-0.2, 0) is 52.3 Å². The van der Waals surface area contributed by atoms with Crippen molar-refractivity contribution in [3.8, 4) is 0 Å². The summed E-state index contributed by atoms with van der Waals surface area (Å²) in [4.78, 5) is 113. The van der Waals surface area contributed by atoms with Crippen molar-refractivity contribution < 1.29 is 76.6 Å². The van der Waals surface area contributed by atoms with Crippen LogP contribution in [0.2, 0.25) is 0 Å². The standard InChI is InChI=1S/C52H95N9O16/c1-47(2,3)74-43(67)58-23-25-60(45(69)76-49(7,8)9)37-52(57-41(64)16-14-15-39(62)55-21-27-71-29-31-73-32-30-72-28-22-56-40(63)17-18-42(65)66)34-54-20-19-53-33-51(13,35-58)36-59(44(68)75-48(4,5)6)24-26-61(38-52)46(70)77-50(10,11)12/h53-54H,14-38H2,1-13H3,(H,55,62)(H,56,63)(H,57,64)(H,65,66). The number of nitrogens with one attached hydrogen (secondary N) is 5. The van der Waals surface area contributed by atoms with E-state index in [-0.39, 0.29) is 149 Å². The molecule has 25 heteroatoms. The van der Waals surface area contributed by atoms with E-state index in [9.17, 15) is 38.4 Å². The Morgan fingerprint density at radius 2 is 0.805 bits per heavy atom. The molecule has 3 aliphatic rings. The van der Waals surface area contributed by atoms with Crippen molar-refractivity contribution >= 4 is 48.1 Å². The average molecular weight is 1100 g/mol. The van der Waals surface area contributed by atoms with Gasteiger partial charge in [-0.3, -0.25) is 19.2 Å². The van der Waals surface area contributed by atoms with E-state index < -0.39 is 69.6 Å². The van der Waals surface area contributed by atoms with Crippen LogP contribution in [0.5, 0.6) is 0 Å². The fourth-order valence-corrected chi connectivity index (χ4v) is 7.95. The van der Waals surface area contributed by atoms with E-state index in [1.807, 2.05) is 6.92 Å². The molecule has 0 aromatic rings. The zero-order valence-corrected chi connectivity index (χ0v) is 48.5. The van der Waals surface area contributed by atoms with Crippen LogP contribution in [0.3, 0.4) is 0 Å². The van der Waals surface area contributed by atoms with E-state index >= 15 is 0 Å². The third kappa shape index (κ3) is 31.1. The zero-order valence-electron chi connectivity index (χ0n) is 48.5. The quantitative estimate of drug-likeness (QED) is 0.0753. The Morgan fingerprint density at radius 1 is 0.468 bits per heavy atom. The number of nitrogens with zero attached hydrogens (tertiary/aromatic N) is 4. The first-order chi connectivity index (χ1) is 35.7. The molecule has 3 heterocycles. The molecule has 25 nitrogen and oxygen atoms in total. The van der Waals surface area contributed by atoms with Crippen molar-refractivity contribution in [2.75, 3.05) is 131 Å². The number of hydrogen-bond donors (Lipinski definition) is 6. The van der Waals surface area contributed by atoms with Crippen molar-refractivity contribution in [3.63, 3.8) is 0 Å². The lowest BCUT2D eigenvalue weighted by molar-refractivity contribution is -0.138. The molecular weight excluding hydrogens is 1010 g/mol. The summed E-state index contributed by atoms with van der Waals surface area (Å²) in [5, 5.41) is 24.1. The number of fused-ring (bicyclic) bond motifs is 15. The highest BCUT2D eigenvalue weighted by atomic mass is 16.6. The van der Waals surface area contributed by atoms with E-state index in [1.54, 1.807) is 83.1 Å². The molecule has 0 aromatic heterocycles. The van der Waals surface area contributed by atoms with Gasteiger partial charge in [0, 0.05) is 103 Å². The number of ether oxygens (including phenoxy) is 7. The number of carbonyl (C=O) groups excluding carboxylic acids is 7. The second-order valence-electron chi connectivity index (χ2n) is 23.9. The van der Waals surface area contributed by atoms with Crippen molar-refractivity contribution in [2.45, 2.75) is 150 Å². The molecule has 0 atom stereocenters. The molecule has 3 rings (SSSR count). The number of hydrogen-bond acceptors (Lipinski definition) is 17. The van der Waals surface area contributed by atoms with Crippen LogP contribution in [0.15, 0.2) is 0 Å². The Bertz CT molecular complexity index is 1820. The monoisotopic (exact) mass is 1100 g/mol. The lowest BCUT2D eigenvalue weighted by atomic mass is 9.88. The first kappa shape index (κ1) is 67.9. The highest BCUT2D eigenvalue weighted by Gasteiger charge is 2.43. The highest BCUT2D eigenvalue weighted by molar-refractivity contribution is 5.81. The second kappa shape index (κ2) is 32.0. The van der Waals surface area contributed by atoms with Crippen LogP contribution < -0.4 is 26.6 Å². The summed E-state index contributed by atoms with van der Waals surface area (Å²) in [7, 11) is 0. The normalized spacial score (nSPS) is 19.5. The molecule has 0 aliphatic carbocycles. The Kier molecular flexibility index (Phi) is 28.2. The predicted molar refractivity (Wildman–Crippen MR) is 285 cm³/mol. The smallest absolute Gasteiger partial charge is 0.410 e. The van der Waals surface area contributed by atoms with Gasteiger partial charge in [-0.2, -0.15) is 0 Å². The largest absolute Gasteiger partial charge is 0.481 e. The molecule has 0 unspecified atom stereocenters. The minimum Gasteiger partial charge on any atom is -0.481 e. The van der Waals surface area contributed by atoms with Gasteiger partial charge in [0.15, 0.2) is 0 Å². The number of carbonyl (C=O) groups is 8. The van der Waals surface area contributed by atoms with E-state index in [1.165, 1.54) is 19.6 Å². The zero-order chi connectivity index (χ0) is 58.1. The van der Waals surface area contributed by atoms with Gasteiger partial charge >= 0.3 is 30.3 Å².